The molecule has 0 saturated carbocycles. The molecular formula is C19H18FNO6. The van der Waals surface area contributed by atoms with E-state index < -0.39 is 36.6 Å². The number of halogens is 1. The number of hydrogen-bond acceptors (Lipinski definition) is 6. The SMILES string of the molecule is COc1ccc(C(=O)COC(=O)CNC(=O)c2ccc(F)cc2)cc1OC. The zero-order valence-corrected chi connectivity index (χ0v) is 14.8. The molecule has 0 aromatic heterocycles. The third-order valence-electron chi connectivity index (χ3n) is 3.57. The average Bonchev–Trinajstić information content (AvgIpc) is 2.70. The number of ketones is 1. The van der Waals surface area contributed by atoms with E-state index in [1.165, 1.54) is 38.5 Å². The van der Waals surface area contributed by atoms with Gasteiger partial charge in [-0.1, -0.05) is 0 Å². The van der Waals surface area contributed by atoms with Crippen LogP contribution in [0.25, 0.3) is 0 Å². The monoisotopic (exact) mass is 375 g/mol. The zero-order valence-electron chi connectivity index (χ0n) is 14.8. The van der Waals surface area contributed by atoms with Crippen molar-refractivity contribution in [3.63, 3.8) is 0 Å². The van der Waals surface area contributed by atoms with Crippen molar-refractivity contribution in [2.45, 2.75) is 0 Å². The molecule has 27 heavy (non-hydrogen) atoms. The Bertz CT molecular complexity index is 835. The Balaban J connectivity index is 1.83. The number of esters is 1. The van der Waals surface area contributed by atoms with Gasteiger partial charge in [-0.05, 0) is 42.5 Å². The van der Waals surface area contributed by atoms with Crippen molar-refractivity contribution in [3.05, 3.63) is 59.4 Å². The molecule has 0 atom stereocenters. The Morgan fingerprint density at radius 1 is 0.926 bits per heavy atom. The summed E-state index contributed by atoms with van der Waals surface area (Å²) < 4.78 is 27.9. The molecule has 0 radical (unpaired) electrons. The number of carbonyl (C=O) groups is 3. The third kappa shape index (κ3) is 5.53. The summed E-state index contributed by atoms with van der Waals surface area (Å²) in [6, 6.07) is 9.41. The smallest absolute Gasteiger partial charge is 0.325 e. The number of methoxy groups -OCH3 is 2. The van der Waals surface area contributed by atoms with Crippen LogP contribution in [0.4, 0.5) is 4.39 Å². The quantitative estimate of drug-likeness (QED) is 0.561. The molecule has 0 fully saturated rings. The van der Waals surface area contributed by atoms with Crippen molar-refractivity contribution >= 4 is 17.7 Å². The highest BCUT2D eigenvalue weighted by atomic mass is 19.1. The molecule has 2 aromatic rings. The molecule has 8 heteroatoms. The van der Waals surface area contributed by atoms with E-state index in [1.807, 2.05) is 0 Å². The summed E-state index contributed by atoms with van der Waals surface area (Å²) in [5.41, 5.74) is 0.487. The predicted octanol–water partition coefficient (Wildman–Crippen LogP) is 2.00. The van der Waals surface area contributed by atoms with Gasteiger partial charge in [0.15, 0.2) is 23.9 Å². The highest BCUT2D eigenvalue weighted by Crippen LogP contribution is 2.27. The summed E-state index contributed by atoms with van der Waals surface area (Å²) in [5, 5.41) is 2.33. The topological polar surface area (TPSA) is 90.9 Å². The number of nitrogens with one attached hydrogen (secondary N) is 1. The molecule has 0 aliphatic rings. The summed E-state index contributed by atoms with van der Waals surface area (Å²) in [5.74, 6) is -1.40. The fourth-order valence-electron chi connectivity index (χ4n) is 2.15. The van der Waals surface area contributed by atoms with Gasteiger partial charge in [-0.3, -0.25) is 14.4 Å². The van der Waals surface area contributed by atoms with Crippen molar-refractivity contribution < 1.29 is 33.0 Å². The van der Waals surface area contributed by atoms with Gasteiger partial charge in [-0.25, -0.2) is 4.39 Å². The first-order valence-corrected chi connectivity index (χ1v) is 7.89. The highest BCUT2D eigenvalue weighted by molar-refractivity contribution is 5.99. The van der Waals surface area contributed by atoms with E-state index in [0.717, 1.165) is 12.1 Å². The highest BCUT2D eigenvalue weighted by Gasteiger charge is 2.14. The van der Waals surface area contributed by atoms with Gasteiger partial charge in [0.2, 0.25) is 0 Å². The molecule has 0 unspecified atom stereocenters. The van der Waals surface area contributed by atoms with Gasteiger partial charge in [0.1, 0.15) is 12.4 Å². The van der Waals surface area contributed by atoms with Crippen LogP contribution in [0.1, 0.15) is 20.7 Å². The largest absolute Gasteiger partial charge is 0.493 e. The van der Waals surface area contributed by atoms with Gasteiger partial charge in [-0.15, -0.1) is 0 Å². The van der Waals surface area contributed by atoms with Gasteiger partial charge >= 0.3 is 5.97 Å². The molecule has 0 aliphatic carbocycles. The lowest BCUT2D eigenvalue weighted by molar-refractivity contribution is -0.141. The predicted molar refractivity (Wildman–Crippen MR) is 93.6 cm³/mol. The molecule has 0 spiro atoms. The van der Waals surface area contributed by atoms with Crippen LogP contribution in [0, 0.1) is 5.82 Å². The van der Waals surface area contributed by atoms with Crippen molar-refractivity contribution in [3.8, 4) is 11.5 Å². The Morgan fingerprint density at radius 3 is 2.19 bits per heavy atom. The molecule has 2 rings (SSSR count). The number of ether oxygens (including phenoxy) is 3. The molecular weight excluding hydrogens is 357 g/mol. The van der Waals surface area contributed by atoms with Gasteiger partial charge in [-0.2, -0.15) is 0 Å². The van der Waals surface area contributed by atoms with E-state index in [0.29, 0.717) is 11.5 Å². The second-order valence-electron chi connectivity index (χ2n) is 5.34. The van der Waals surface area contributed by atoms with Gasteiger partial charge in [0.25, 0.3) is 5.91 Å². The van der Waals surface area contributed by atoms with Crippen LogP contribution in [-0.4, -0.2) is 45.0 Å². The summed E-state index contributed by atoms with van der Waals surface area (Å²) >= 11 is 0. The Labute approximate surface area is 155 Å². The van der Waals surface area contributed by atoms with Crippen molar-refractivity contribution in [1.82, 2.24) is 5.32 Å². The maximum atomic E-state index is 12.8. The molecule has 7 nitrogen and oxygen atoms in total. The summed E-state index contributed by atoms with van der Waals surface area (Å²) in [6.07, 6.45) is 0. The van der Waals surface area contributed by atoms with E-state index in [9.17, 15) is 18.8 Å². The number of benzene rings is 2. The average molecular weight is 375 g/mol. The second-order valence-corrected chi connectivity index (χ2v) is 5.34. The first kappa shape index (κ1) is 19.9. The third-order valence-corrected chi connectivity index (χ3v) is 3.57. The zero-order chi connectivity index (χ0) is 19.8. The maximum absolute atomic E-state index is 12.8. The molecule has 142 valence electrons. The van der Waals surface area contributed by atoms with Gasteiger partial charge < -0.3 is 19.5 Å². The number of carbonyl (C=O) groups excluding carboxylic acids is 3. The van der Waals surface area contributed by atoms with Crippen LogP contribution < -0.4 is 14.8 Å². The first-order chi connectivity index (χ1) is 12.9. The Kier molecular flexibility index (Phi) is 6.87. The Hall–Kier alpha value is -3.42. The molecule has 0 aliphatic heterocycles. The molecule has 1 N–H and O–H groups in total. The van der Waals surface area contributed by atoms with Crippen molar-refractivity contribution in [1.29, 1.82) is 0 Å². The van der Waals surface area contributed by atoms with Crippen molar-refractivity contribution in [2.24, 2.45) is 0 Å². The lowest BCUT2D eigenvalue weighted by Gasteiger charge is -2.09. The number of hydrogen-bond donors (Lipinski definition) is 1. The number of Topliss-reactive ketones (excluding diaryl/α,β-unsaturated/α-hetero) is 1. The van der Waals surface area contributed by atoms with Crippen molar-refractivity contribution in [2.75, 3.05) is 27.4 Å². The lowest BCUT2D eigenvalue weighted by Crippen LogP contribution is -2.31. The minimum absolute atomic E-state index is 0.200. The fraction of sp³-hybridized carbons (Fsp3) is 0.211. The van der Waals surface area contributed by atoms with Gasteiger partial charge in [0.05, 0.1) is 14.2 Å². The molecule has 0 heterocycles. The van der Waals surface area contributed by atoms with Crippen LogP contribution in [0.3, 0.4) is 0 Å². The number of amides is 1. The normalized spacial score (nSPS) is 10.0. The minimum atomic E-state index is -0.778. The second kappa shape index (κ2) is 9.33. The van der Waals surface area contributed by atoms with Crippen LogP contribution in [0.5, 0.6) is 11.5 Å². The summed E-state index contributed by atoms with van der Waals surface area (Å²) in [7, 11) is 2.91. The van der Waals surface area contributed by atoms with Crippen LogP contribution in [0.15, 0.2) is 42.5 Å². The number of rotatable bonds is 8. The standard InChI is InChI=1S/C19H18FNO6/c1-25-16-8-5-13(9-17(16)26-2)15(22)11-27-18(23)10-21-19(24)12-3-6-14(20)7-4-12/h3-9H,10-11H2,1-2H3,(H,21,24). The summed E-state index contributed by atoms with van der Waals surface area (Å²) in [4.78, 5) is 35.6. The van der Waals surface area contributed by atoms with Crippen LogP contribution in [-0.2, 0) is 9.53 Å². The van der Waals surface area contributed by atoms with E-state index in [2.05, 4.69) is 5.32 Å². The molecule has 0 bridgehead atoms. The fourth-order valence-corrected chi connectivity index (χ4v) is 2.15. The summed E-state index contributed by atoms with van der Waals surface area (Å²) in [6.45, 7) is -0.907. The first-order valence-electron chi connectivity index (χ1n) is 7.89. The molecule has 2 aromatic carbocycles. The van der Waals surface area contributed by atoms with Crippen LogP contribution in [0.2, 0.25) is 0 Å². The lowest BCUT2D eigenvalue weighted by atomic mass is 10.1. The van der Waals surface area contributed by atoms with Gasteiger partial charge in [0, 0.05) is 11.1 Å². The van der Waals surface area contributed by atoms with Crippen LogP contribution >= 0.6 is 0 Å². The van der Waals surface area contributed by atoms with E-state index in [-0.39, 0.29) is 11.1 Å². The van der Waals surface area contributed by atoms with E-state index in [1.54, 1.807) is 6.07 Å². The van der Waals surface area contributed by atoms with E-state index >= 15 is 0 Å². The Morgan fingerprint density at radius 2 is 1.56 bits per heavy atom. The minimum Gasteiger partial charge on any atom is -0.493 e. The molecule has 0 saturated heterocycles. The maximum Gasteiger partial charge on any atom is 0.325 e. The van der Waals surface area contributed by atoms with E-state index in [4.69, 9.17) is 14.2 Å². The molecule has 1 amide bonds.